The minimum absolute atomic E-state index is 0.0618. The number of aliphatic hydroxyl groups is 1. The van der Waals surface area contributed by atoms with Crippen LogP contribution in [-0.2, 0) is 9.53 Å². The van der Waals surface area contributed by atoms with Gasteiger partial charge in [0.05, 0.1) is 19.3 Å². The van der Waals surface area contributed by atoms with Crippen LogP contribution in [0.15, 0.2) is 30.3 Å². The molecule has 0 spiro atoms. The molecule has 9 aliphatic carbocycles. The van der Waals surface area contributed by atoms with Gasteiger partial charge in [-0.05, 0) is 103 Å². The SMILES string of the molecule is COC(=O)[C@@]12[C@@H]3[C@H]4CC[C@@H]5[C@@H]4[C@@H]4[C@@H]3[C@@H]3[C@H]([C@H]6CCC[C@H]6[C@@H]31)[C@]4(COc1ccccc1)[C@@]52O. The van der Waals surface area contributed by atoms with Crippen LogP contribution in [0.5, 0.6) is 5.75 Å². The van der Waals surface area contributed by atoms with Gasteiger partial charge in [-0.2, -0.15) is 0 Å². The van der Waals surface area contributed by atoms with Gasteiger partial charge in [-0.1, -0.05) is 24.6 Å². The minimum Gasteiger partial charge on any atom is -0.493 e. The maximum atomic E-state index is 14.0. The molecule has 0 unspecified atom stereocenters. The molecule has 168 valence electrons. The van der Waals surface area contributed by atoms with Crippen LogP contribution in [0.3, 0.4) is 0 Å². The number of benzene rings is 1. The summed E-state index contributed by atoms with van der Waals surface area (Å²) in [7, 11) is 1.57. The third kappa shape index (κ3) is 1.32. The van der Waals surface area contributed by atoms with E-state index in [1.165, 1.54) is 25.7 Å². The van der Waals surface area contributed by atoms with Gasteiger partial charge < -0.3 is 14.6 Å². The van der Waals surface area contributed by atoms with E-state index in [0.717, 1.165) is 12.2 Å². The molecule has 0 aromatic heterocycles. The Hall–Kier alpha value is -1.55. The second-order valence-corrected chi connectivity index (χ2v) is 12.7. The van der Waals surface area contributed by atoms with Crippen LogP contribution < -0.4 is 4.74 Å². The van der Waals surface area contributed by atoms with Crippen LogP contribution in [-0.4, -0.2) is 30.4 Å². The summed E-state index contributed by atoms with van der Waals surface area (Å²) in [4.78, 5) is 14.0. The Morgan fingerprint density at radius 3 is 2.44 bits per heavy atom. The van der Waals surface area contributed by atoms with E-state index in [-0.39, 0.29) is 17.3 Å². The number of para-hydroxylation sites is 1. The molecule has 0 aliphatic heterocycles. The van der Waals surface area contributed by atoms with E-state index in [0.29, 0.717) is 65.8 Å². The topological polar surface area (TPSA) is 55.8 Å². The predicted octanol–water partition coefficient (Wildman–Crippen LogP) is 3.78. The summed E-state index contributed by atoms with van der Waals surface area (Å²) in [6.07, 6.45) is 6.12. The van der Waals surface area contributed by atoms with Crippen molar-refractivity contribution < 1.29 is 19.4 Å². The van der Waals surface area contributed by atoms with E-state index in [4.69, 9.17) is 9.47 Å². The molecular weight excluding hydrogens is 400 g/mol. The highest BCUT2D eigenvalue weighted by molar-refractivity contribution is 5.83. The second kappa shape index (κ2) is 5.09. The molecule has 1 N–H and O–H groups in total. The van der Waals surface area contributed by atoms with Crippen LogP contribution in [0.25, 0.3) is 0 Å². The lowest BCUT2D eigenvalue weighted by atomic mass is 9.42. The van der Waals surface area contributed by atoms with Crippen LogP contribution in [0, 0.1) is 75.9 Å². The number of ether oxygens (including phenoxy) is 2. The van der Waals surface area contributed by atoms with Crippen molar-refractivity contribution in [1.29, 1.82) is 0 Å². The molecule has 4 nitrogen and oxygen atoms in total. The summed E-state index contributed by atoms with van der Waals surface area (Å²) in [5.74, 6) is 6.66. The molecular formula is C28H32O4. The highest BCUT2D eigenvalue weighted by Gasteiger charge is 3.02. The Labute approximate surface area is 189 Å². The molecule has 0 amide bonds. The van der Waals surface area contributed by atoms with E-state index in [2.05, 4.69) is 0 Å². The van der Waals surface area contributed by atoms with E-state index in [9.17, 15) is 9.90 Å². The molecule has 9 bridgehead atoms. The molecule has 32 heavy (non-hydrogen) atoms. The van der Waals surface area contributed by atoms with Crippen molar-refractivity contribution in [1.82, 2.24) is 0 Å². The fourth-order valence-corrected chi connectivity index (χ4v) is 13.7. The summed E-state index contributed by atoms with van der Waals surface area (Å²) < 4.78 is 12.3. The Kier molecular flexibility index (Phi) is 2.84. The van der Waals surface area contributed by atoms with Crippen LogP contribution in [0.2, 0.25) is 0 Å². The summed E-state index contributed by atoms with van der Waals surface area (Å²) in [5.41, 5.74) is -1.89. The van der Waals surface area contributed by atoms with E-state index in [1.54, 1.807) is 7.11 Å². The molecule has 14 atom stereocenters. The molecule has 0 heterocycles. The molecule has 0 radical (unpaired) electrons. The fraction of sp³-hybridized carbons (Fsp3) is 0.750. The highest BCUT2D eigenvalue weighted by atomic mass is 16.5. The average molecular weight is 433 g/mol. The quantitative estimate of drug-likeness (QED) is 0.736. The zero-order valence-corrected chi connectivity index (χ0v) is 18.7. The number of esters is 1. The fourth-order valence-electron chi connectivity index (χ4n) is 13.7. The molecule has 4 heteroatoms. The Morgan fingerprint density at radius 2 is 1.66 bits per heavy atom. The van der Waals surface area contributed by atoms with Gasteiger partial charge in [-0.15, -0.1) is 0 Å². The van der Waals surface area contributed by atoms with Crippen molar-refractivity contribution in [2.75, 3.05) is 13.7 Å². The van der Waals surface area contributed by atoms with E-state index in [1.807, 2.05) is 30.3 Å². The van der Waals surface area contributed by atoms with Crippen molar-refractivity contribution in [2.24, 2.45) is 75.9 Å². The predicted molar refractivity (Wildman–Crippen MR) is 115 cm³/mol. The third-order valence-corrected chi connectivity index (χ3v) is 13.2. The number of hydrogen-bond donors (Lipinski definition) is 1. The average Bonchev–Trinajstić information content (AvgIpc) is 3.59. The number of hydrogen-bond acceptors (Lipinski definition) is 4. The lowest BCUT2D eigenvalue weighted by Gasteiger charge is -2.63. The first-order chi connectivity index (χ1) is 15.6. The van der Waals surface area contributed by atoms with Crippen molar-refractivity contribution in [3.8, 4) is 5.75 Å². The summed E-state index contributed by atoms with van der Waals surface area (Å²) >= 11 is 0. The Balaban J connectivity index is 1.32. The van der Waals surface area contributed by atoms with Gasteiger partial charge in [0.2, 0.25) is 0 Å². The first-order valence-corrected chi connectivity index (χ1v) is 13.1. The molecule has 9 aliphatic rings. The van der Waals surface area contributed by atoms with Gasteiger partial charge in [0.15, 0.2) is 0 Å². The molecule has 9 fully saturated rings. The first-order valence-electron chi connectivity index (χ1n) is 13.1. The second-order valence-electron chi connectivity index (χ2n) is 12.7. The maximum Gasteiger partial charge on any atom is 0.315 e. The highest BCUT2D eigenvalue weighted by Crippen LogP contribution is 2.98. The molecule has 1 aromatic rings. The molecule has 10 rings (SSSR count). The van der Waals surface area contributed by atoms with Gasteiger partial charge in [-0.25, -0.2) is 0 Å². The monoisotopic (exact) mass is 432 g/mol. The van der Waals surface area contributed by atoms with E-state index >= 15 is 0 Å². The number of rotatable bonds is 4. The lowest BCUT2D eigenvalue weighted by Crippen LogP contribution is -2.74. The number of fused-ring (bicyclic) bond motifs is 1. The van der Waals surface area contributed by atoms with Crippen LogP contribution in [0.1, 0.15) is 32.1 Å². The standard InChI is InChI=1S/C28H32O4/c1-31-25(29)27-22-15-9-5-8-14(15)21-19(22)20-23(27)16-10-11-17-18(16)24(20)26(21,28(17,27)30)12-32-13-6-3-2-4-7-13/h2-4,6-7,14-24,30H,5,8-12H2,1H3/t14-,15+,16-,17+,18+,19+,20+,21-,22-,23+,24+,26-,27-,28-/m0/s1. The van der Waals surface area contributed by atoms with Crippen molar-refractivity contribution in [3.63, 3.8) is 0 Å². The van der Waals surface area contributed by atoms with Crippen molar-refractivity contribution in [3.05, 3.63) is 30.3 Å². The van der Waals surface area contributed by atoms with Crippen LogP contribution in [0.4, 0.5) is 0 Å². The molecule has 9 saturated carbocycles. The summed E-state index contributed by atoms with van der Waals surface area (Å²) in [5, 5.41) is 13.2. The summed E-state index contributed by atoms with van der Waals surface area (Å²) in [6, 6.07) is 10.2. The van der Waals surface area contributed by atoms with Gasteiger partial charge in [-0.3, -0.25) is 4.79 Å². The lowest BCUT2D eigenvalue weighted by molar-refractivity contribution is -0.271. The first kappa shape index (κ1) is 17.9. The van der Waals surface area contributed by atoms with Crippen molar-refractivity contribution >= 4 is 5.97 Å². The largest absolute Gasteiger partial charge is 0.493 e. The third-order valence-electron chi connectivity index (χ3n) is 13.2. The maximum absolute atomic E-state index is 14.0. The van der Waals surface area contributed by atoms with Gasteiger partial charge in [0.1, 0.15) is 11.2 Å². The number of carbonyl (C=O) groups is 1. The molecule has 1 aromatic carbocycles. The zero-order chi connectivity index (χ0) is 21.2. The Morgan fingerprint density at radius 1 is 0.938 bits per heavy atom. The van der Waals surface area contributed by atoms with Gasteiger partial charge >= 0.3 is 5.97 Å². The number of carbonyl (C=O) groups excluding carboxylic acids is 1. The van der Waals surface area contributed by atoms with Crippen molar-refractivity contribution in [2.45, 2.75) is 37.7 Å². The minimum atomic E-state index is -0.946. The Bertz CT molecular complexity index is 1050. The zero-order valence-electron chi connectivity index (χ0n) is 18.7. The molecule has 0 saturated heterocycles. The normalized spacial score (nSPS) is 62.4. The van der Waals surface area contributed by atoms with E-state index < -0.39 is 11.0 Å². The smallest absolute Gasteiger partial charge is 0.315 e. The van der Waals surface area contributed by atoms with Gasteiger partial charge in [0.25, 0.3) is 0 Å². The van der Waals surface area contributed by atoms with Gasteiger partial charge in [0, 0.05) is 5.41 Å². The number of methoxy groups -OCH3 is 1. The van der Waals surface area contributed by atoms with Crippen LogP contribution >= 0.6 is 0 Å². The summed E-state index contributed by atoms with van der Waals surface area (Å²) in [6.45, 7) is 0.580.